The number of para-hydroxylation sites is 2. The molecule has 1 aliphatic heterocycles. The van der Waals surface area contributed by atoms with Crippen molar-refractivity contribution in [2.24, 2.45) is 0 Å². The molecule has 2 aromatic carbocycles. The minimum absolute atomic E-state index is 0.0696. The van der Waals surface area contributed by atoms with Crippen LogP contribution in [0.5, 0.6) is 5.75 Å². The van der Waals surface area contributed by atoms with Gasteiger partial charge in [0, 0.05) is 11.4 Å². The average molecular weight is 355 g/mol. The minimum atomic E-state index is -0.675. The fraction of sp³-hybridized carbons (Fsp3) is 0.158. The van der Waals surface area contributed by atoms with Crippen LogP contribution in [0.15, 0.2) is 47.3 Å². The van der Waals surface area contributed by atoms with Crippen molar-refractivity contribution in [3.8, 4) is 5.75 Å². The Morgan fingerprint density at radius 3 is 2.76 bits per heavy atom. The van der Waals surface area contributed by atoms with E-state index in [1.54, 1.807) is 34.9 Å². The van der Waals surface area contributed by atoms with E-state index in [0.29, 0.717) is 28.0 Å². The van der Waals surface area contributed by atoms with Gasteiger partial charge >= 0.3 is 0 Å². The standard InChI is InChI=1S/C19H15ClN2O3/c1-10-9-11-5-4-6-12-16(11)22(10)19(25)15(17(12)23)18(24)21-14-8-3-2-7-13(14)20/h2-8,10,23H,9H2,1H3,(H,21,24)/t10-/m0/s1. The Morgan fingerprint density at radius 2 is 2.00 bits per heavy atom. The Hall–Kier alpha value is -2.79. The van der Waals surface area contributed by atoms with E-state index >= 15 is 0 Å². The highest BCUT2D eigenvalue weighted by atomic mass is 35.5. The molecule has 1 atom stereocenters. The lowest BCUT2D eigenvalue weighted by Gasteiger charge is -2.14. The number of aromatic nitrogens is 1. The first-order valence-corrected chi connectivity index (χ1v) is 8.31. The molecule has 2 heterocycles. The van der Waals surface area contributed by atoms with Crippen molar-refractivity contribution in [3.63, 3.8) is 0 Å². The second-order valence-corrected chi connectivity index (χ2v) is 6.61. The second kappa shape index (κ2) is 5.63. The number of carbonyl (C=O) groups excluding carboxylic acids is 1. The number of aromatic hydroxyl groups is 1. The van der Waals surface area contributed by atoms with Gasteiger partial charge in [0.2, 0.25) is 0 Å². The zero-order valence-electron chi connectivity index (χ0n) is 13.4. The normalized spacial score (nSPS) is 15.5. The van der Waals surface area contributed by atoms with Crippen LogP contribution in [0.3, 0.4) is 0 Å². The van der Waals surface area contributed by atoms with Crippen molar-refractivity contribution >= 4 is 34.1 Å². The molecule has 0 spiro atoms. The molecular formula is C19H15ClN2O3. The fourth-order valence-electron chi connectivity index (χ4n) is 3.47. The van der Waals surface area contributed by atoms with Gasteiger partial charge in [-0.2, -0.15) is 0 Å². The Labute approximate surface area is 148 Å². The van der Waals surface area contributed by atoms with E-state index in [1.807, 2.05) is 19.1 Å². The van der Waals surface area contributed by atoms with Crippen molar-refractivity contribution in [1.82, 2.24) is 4.57 Å². The number of benzene rings is 2. The van der Waals surface area contributed by atoms with Crippen molar-refractivity contribution in [1.29, 1.82) is 0 Å². The Kier molecular flexibility index (Phi) is 3.54. The lowest BCUT2D eigenvalue weighted by atomic mass is 10.1. The number of nitrogens with zero attached hydrogens (tertiary/aromatic N) is 1. The van der Waals surface area contributed by atoms with E-state index in [0.717, 1.165) is 5.56 Å². The molecule has 1 aliphatic rings. The number of carbonyl (C=O) groups is 1. The molecule has 5 nitrogen and oxygen atoms in total. The molecule has 6 heteroatoms. The molecule has 0 bridgehead atoms. The van der Waals surface area contributed by atoms with Crippen molar-refractivity contribution in [2.75, 3.05) is 5.32 Å². The van der Waals surface area contributed by atoms with E-state index in [9.17, 15) is 14.7 Å². The highest BCUT2D eigenvalue weighted by Gasteiger charge is 2.29. The maximum atomic E-state index is 12.9. The molecule has 25 heavy (non-hydrogen) atoms. The van der Waals surface area contributed by atoms with Crippen molar-refractivity contribution < 1.29 is 9.90 Å². The summed E-state index contributed by atoms with van der Waals surface area (Å²) in [6.07, 6.45) is 0.696. The van der Waals surface area contributed by atoms with Crippen molar-refractivity contribution in [2.45, 2.75) is 19.4 Å². The molecule has 1 amide bonds. The molecule has 1 aromatic heterocycles. The minimum Gasteiger partial charge on any atom is -0.506 e. The summed E-state index contributed by atoms with van der Waals surface area (Å²) in [6, 6.07) is 12.1. The van der Waals surface area contributed by atoms with Gasteiger partial charge < -0.3 is 15.0 Å². The van der Waals surface area contributed by atoms with Crippen LogP contribution in [-0.4, -0.2) is 15.6 Å². The third-order valence-corrected chi connectivity index (χ3v) is 4.92. The summed E-state index contributed by atoms with van der Waals surface area (Å²) in [5.74, 6) is -0.970. The number of anilines is 1. The summed E-state index contributed by atoms with van der Waals surface area (Å²) in [4.78, 5) is 25.6. The Balaban J connectivity index is 1.91. The number of hydrogen-bond donors (Lipinski definition) is 2. The van der Waals surface area contributed by atoms with E-state index in [4.69, 9.17) is 11.6 Å². The number of pyridine rings is 1. The zero-order valence-corrected chi connectivity index (χ0v) is 14.2. The quantitative estimate of drug-likeness (QED) is 0.736. The molecule has 0 fully saturated rings. The molecule has 0 radical (unpaired) electrons. The van der Waals surface area contributed by atoms with E-state index in [2.05, 4.69) is 5.32 Å². The predicted octanol–water partition coefficient (Wildman–Crippen LogP) is 3.73. The van der Waals surface area contributed by atoms with E-state index < -0.39 is 11.5 Å². The van der Waals surface area contributed by atoms with Crippen LogP contribution in [0, 0.1) is 0 Å². The van der Waals surface area contributed by atoms with Crippen LogP contribution in [0.25, 0.3) is 10.9 Å². The van der Waals surface area contributed by atoms with Gasteiger partial charge in [-0.1, -0.05) is 35.9 Å². The Bertz CT molecular complexity index is 1090. The van der Waals surface area contributed by atoms with Crippen molar-refractivity contribution in [3.05, 3.63) is 69.0 Å². The number of rotatable bonds is 2. The molecule has 0 unspecified atom stereocenters. The third kappa shape index (κ3) is 2.31. The molecule has 3 aromatic rings. The maximum Gasteiger partial charge on any atom is 0.268 e. The van der Waals surface area contributed by atoms with Crippen LogP contribution in [-0.2, 0) is 6.42 Å². The average Bonchev–Trinajstić information content (AvgIpc) is 2.92. The highest BCUT2D eigenvalue weighted by Crippen LogP contribution is 2.36. The topological polar surface area (TPSA) is 71.3 Å². The largest absolute Gasteiger partial charge is 0.506 e. The summed E-state index contributed by atoms with van der Waals surface area (Å²) >= 11 is 6.06. The second-order valence-electron chi connectivity index (χ2n) is 6.20. The summed E-state index contributed by atoms with van der Waals surface area (Å²) < 4.78 is 1.59. The molecule has 2 N–H and O–H groups in total. The van der Waals surface area contributed by atoms with Gasteiger partial charge in [-0.05, 0) is 37.1 Å². The first-order valence-electron chi connectivity index (χ1n) is 7.94. The van der Waals surface area contributed by atoms with Gasteiger partial charge in [-0.3, -0.25) is 9.59 Å². The summed E-state index contributed by atoms with van der Waals surface area (Å²) in [5, 5.41) is 14.1. The number of halogens is 1. The Morgan fingerprint density at radius 1 is 1.24 bits per heavy atom. The number of amides is 1. The molecule has 0 saturated heterocycles. The summed E-state index contributed by atoms with van der Waals surface area (Å²) in [7, 11) is 0. The van der Waals surface area contributed by atoms with Gasteiger partial charge in [0.1, 0.15) is 11.3 Å². The number of hydrogen-bond acceptors (Lipinski definition) is 3. The molecular weight excluding hydrogens is 340 g/mol. The lowest BCUT2D eigenvalue weighted by Crippen LogP contribution is -2.30. The van der Waals surface area contributed by atoms with Crippen LogP contribution < -0.4 is 10.9 Å². The molecule has 126 valence electrons. The van der Waals surface area contributed by atoms with Gasteiger partial charge in [-0.25, -0.2) is 0 Å². The van der Waals surface area contributed by atoms with E-state index in [1.165, 1.54) is 0 Å². The van der Waals surface area contributed by atoms with Crippen LogP contribution >= 0.6 is 11.6 Å². The lowest BCUT2D eigenvalue weighted by molar-refractivity contribution is 0.102. The first-order chi connectivity index (χ1) is 12.0. The highest BCUT2D eigenvalue weighted by molar-refractivity contribution is 6.34. The number of nitrogens with one attached hydrogen (secondary N) is 1. The summed E-state index contributed by atoms with van der Waals surface area (Å²) in [5.41, 5.74) is 1.32. The first kappa shape index (κ1) is 15.7. The van der Waals surface area contributed by atoms with Crippen LogP contribution in [0.1, 0.15) is 28.9 Å². The summed E-state index contributed by atoms with van der Waals surface area (Å²) in [6.45, 7) is 1.92. The zero-order chi connectivity index (χ0) is 17.7. The molecule has 0 saturated carbocycles. The molecule has 4 rings (SSSR count). The van der Waals surface area contributed by atoms with Crippen LogP contribution in [0.4, 0.5) is 5.69 Å². The van der Waals surface area contributed by atoms with Gasteiger partial charge in [-0.15, -0.1) is 0 Å². The smallest absolute Gasteiger partial charge is 0.268 e. The van der Waals surface area contributed by atoms with Crippen LogP contribution in [0.2, 0.25) is 5.02 Å². The van der Waals surface area contributed by atoms with E-state index in [-0.39, 0.29) is 17.4 Å². The maximum absolute atomic E-state index is 12.9. The predicted molar refractivity (Wildman–Crippen MR) is 97.7 cm³/mol. The monoisotopic (exact) mass is 354 g/mol. The fourth-order valence-corrected chi connectivity index (χ4v) is 3.65. The van der Waals surface area contributed by atoms with Gasteiger partial charge in [0.25, 0.3) is 11.5 Å². The SMILES string of the molecule is C[C@H]1Cc2cccc3c(O)c(C(=O)Nc4ccccc4Cl)c(=O)n1c23. The molecule has 0 aliphatic carbocycles. The van der Waals surface area contributed by atoms with Gasteiger partial charge in [0.15, 0.2) is 0 Å². The third-order valence-electron chi connectivity index (χ3n) is 4.59. The van der Waals surface area contributed by atoms with Gasteiger partial charge in [0.05, 0.1) is 16.2 Å².